The minimum atomic E-state index is -3.79. The highest BCUT2D eigenvalue weighted by Crippen LogP contribution is 2.06. The highest BCUT2D eigenvalue weighted by Gasteiger charge is 2.02. The molecular weight excluding hydrogens is 198 g/mol. The summed E-state index contributed by atoms with van der Waals surface area (Å²) in [4.78, 5) is 0. The monoisotopic (exact) mass is 211 g/mol. The Bertz CT molecular complexity index is 235. The van der Waals surface area contributed by atoms with Gasteiger partial charge in [-0.15, -0.1) is 11.8 Å². The molecule has 72 valence electrons. The van der Waals surface area contributed by atoms with Crippen LogP contribution in [0.25, 0.3) is 0 Å². The third-order valence-electron chi connectivity index (χ3n) is 1.12. The first-order valence-corrected chi connectivity index (χ1v) is 6.14. The molecule has 0 aromatic heterocycles. The molecule has 0 aromatic carbocycles. The normalized spacial score (nSPS) is 11.5. The average molecular weight is 211 g/mol. The summed E-state index contributed by atoms with van der Waals surface area (Å²) in [5.74, 6) is 0.565. The van der Waals surface area contributed by atoms with Gasteiger partial charge in [-0.2, -0.15) is 8.42 Å². The van der Waals surface area contributed by atoms with E-state index in [9.17, 15) is 8.42 Å². The molecule has 0 fully saturated rings. The molecule has 4 nitrogen and oxygen atoms in total. The molecule has 6 heteroatoms. The molecule has 0 radical (unpaired) electrons. The van der Waals surface area contributed by atoms with Gasteiger partial charge in [0, 0.05) is 0 Å². The third-order valence-corrected chi connectivity index (χ3v) is 2.85. The van der Waals surface area contributed by atoms with Crippen LogP contribution in [0, 0.1) is 5.41 Å². The van der Waals surface area contributed by atoms with Crippen LogP contribution in [-0.4, -0.2) is 29.5 Å². The van der Waals surface area contributed by atoms with Crippen molar-refractivity contribution in [2.75, 3.05) is 11.5 Å². The maximum Gasteiger partial charge on any atom is 0.264 e. The first-order chi connectivity index (χ1) is 5.42. The van der Waals surface area contributed by atoms with Crippen molar-refractivity contribution in [2.24, 2.45) is 0 Å². The van der Waals surface area contributed by atoms with Gasteiger partial charge in [-0.3, -0.25) is 9.96 Å². The summed E-state index contributed by atoms with van der Waals surface area (Å²) in [6.07, 6.45) is 1.17. The zero-order valence-corrected chi connectivity index (χ0v) is 8.54. The Kier molecular flexibility index (Phi) is 5.52. The lowest BCUT2D eigenvalue weighted by Gasteiger charge is -1.97. The number of rotatable bonds is 5. The molecule has 0 aliphatic rings. The number of unbranched alkanes of at least 4 members (excludes halogenated alkanes) is 1. The van der Waals surface area contributed by atoms with Crippen molar-refractivity contribution in [3.05, 3.63) is 0 Å². The van der Waals surface area contributed by atoms with E-state index in [1.807, 2.05) is 0 Å². The van der Waals surface area contributed by atoms with Crippen molar-refractivity contribution in [2.45, 2.75) is 19.8 Å². The molecule has 0 amide bonds. The fourth-order valence-electron chi connectivity index (χ4n) is 0.612. The molecule has 0 saturated carbocycles. The van der Waals surface area contributed by atoms with E-state index in [1.54, 1.807) is 6.92 Å². The molecule has 0 unspecified atom stereocenters. The van der Waals surface area contributed by atoms with Crippen LogP contribution in [0.2, 0.25) is 0 Å². The van der Waals surface area contributed by atoms with Gasteiger partial charge in [0.25, 0.3) is 10.1 Å². The summed E-state index contributed by atoms with van der Waals surface area (Å²) in [5.41, 5.74) is 0. The number of hydrogen-bond acceptors (Lipinski definition) is 4. The molecule has 0 spiro atoms. The SMILES string of the molecule is CC(=N)SCCCCS(=O)(=O)O. The molecule has 2 N–H and O–H groups in total. The maximum absolute atomic E-state index is 10.2. The predicted molar refractivity (Wildman–Crippen MR) is 51.5 cm³/mol. The van der Waals surface area contributed by atoms with Crippen LogP contribution in [0.4, 0.5) is 0 Å². The van der Waals surface area contributed by atoms with E-state index in [2.05, 4.69) is 0 Å². The molecule has 0 saturated heterocycles. The van der Waals surface area contributed by atoms with E-state index in [1.165, 1.54) is 11.8 Å². The summed E-state index contributed by atoms with van der Waals surface area (Å²) in [7, 11) is -3.79. The predicted octanol–water partition coefficient (Wildman–Crippen LogP) is 1.38. The first-order valence-electron chi connectivity index (χ1n) is 3.55. The van der Waals surface area contributed by atoms with Gasteiger partial charge in [0.2, 0.25) is 0 Å². The Morgan fingerprint density at radius 3 is 2.50 bits per heavy atom. The third kappa shape index (κ3) is 9.93. The highest BCUT2D eigenvalue weighted by atomic mass is 32.2. The van der Waals surface area contributed by atoms with Crippen molar-refractivity contribution in [3.8, 4) is 0 Å². The van der Waals surface area contributed by atoms with Crippen molar-refractivity contribution in [3.63, 3.8) is 0 Å². The van der Waals surface area contributed by atoms with Crippen LogP contribution >= 0.6 is 11.8 Å². The Balaban J connectivity index is 3.29. The van der Waals surface area contributed by atoms with Gasteiger partial charge in [0.15, 0.2) is 0 Å². The van der Waals surface area contributed by atoms with Gasteiger partial charge in [-0.25, -0.2) is 0 Å². The number of thioether (sulfide) groups is 1. The fraction of sp³-hybridized carbons (Fsp3) is 0.833. The Hall–Kier alpha value is -0.0700. The van der Waals surface area contributed by atoms with Crippen molar-refractivity contribution in [1.29, 1.82) is 5.41 Å². The van der Waals surface area contributed by atoms with E-state index >= 15 is 0 Å². The van der Waals surface area contributed by atoms with Gasteiger partial charge < -0.3 is 0 Å². The van der Waals surface area contributed by atoms with Crippen LogP contribution in [-0.2, 0) is 10.1 Å². The lowest BCUT2D eigenvalue weighted by Crippen LogP contribution is -2.03. The first kappa shape index (κ1) is 11.9. The smallest absolute Gasteiger partial charge is 0.264 e. The largest absolute Gasteiger partial charge is 0.299 e. The second kappa shape index (κ2) is 5.55. The van der Waals surface area contributed by atoms with Crippen LogP contribution in [0.5, 0.6) is 0 Å². The topological polar surface area (TPSA) is 78.2 Å². The van der Waals surface area contributed by atoms with Gasteiger partial charge in [0.1, 0.15) is 0 Å². The summed E-state index contributed by atoms with van der Waals surface area (Å²) in [5, 5.41) is 7.58. The molecule has 0 aliphatic carbocycles. The number of hydrogen-bond donors (Lipinski definition) is 2. The van der Waals surface area contributed by atoms with E-state index in [0.717, 1.165) is 5.75 Å². The van der Waals surface area contributed by atoms with Gasteiger partial charge in [-0.05, 0) is 25.5 Å². The zero-order chi connectivity index (χ0) is 9.61. The second-order valence-electron chi connectivity index (χ2n) is 2.40. The zero-order valence-electron chi connectivity index (χ0n) is 6.91. The summed E-state index contributed by atoms with van der Waals surface area (Å²) in [6.45, 7) is 1.69. The maximum atomic E-state index is 10.2. The summed E-state index contributed by atoms with van der Waals surface area (Å²) < 4.78 is 28.8. The Morgan fingerprint density at radius 1 is 1.50 bits per heavy atom. The highest BCUT2D eigenvalue weighted by molar-refractivity contribution is 8.13. The van der Waals surface area contributed by atoms with Gasteiger partial charge in [-0.1, -0.05) is 0 Å². The fourth-order valence-corrected chi connectivity index (χ4v) is 1.84. The number of nitrogens with one attached hydrogen (secondary N) is 1. The minimum absolute atomic E-state index is 0.176. The van der Waals surface area contributed by atoms with E-state index in [4.69, 9.17) is 9.96 Å². The quantitative estimate of drug-likeness (QED) is 0.312. The van der Waals surface area contributed by atoms with Crippen molar-refractivity contribution in [1.82, 2.24) is 0 Å². The minimum Gasteiger partial charge on any atom is -0.299 e. The summed E-state index contributed by atoms with van der Waals surface area (Å²) >= 11 is 1.39. The molecule has 12 heavy (non-hydrogen) atoms. The van der Waals surface area contributed by atoms with Gasteiger partial charge >= 0.3 is 0 Å². The average Bonchev–Trinajstić information content (AvgIpc) is 1.83. The van der Waals surface area contributed by atoms with E-state index < -0.39 is 10.1 Å². The molecular formula is C6H13NO3S2. The molecule has 0 rings (SSSR count). The summed E-state index contributed by atoms with van der Waals surface area (Å²) in [6, 6.07) is 0. The van der Waals surface area contributed by atoms with Crippen molar-refractivity contribution >= 4 is 26.9 Å². The Labute approximate surface area is 77.0 Å². The lowest BCUT2D eigenvalue weighted by atomic mass is 10.4. The van der Waals surface area contributed by atoms with Gasteiger partial charge in [0.05, 0.1) is 10.8 Å². The molecule has 0 atom stereocenters. The second-order valence-corrected chi connectivity index (χ2v) is 5.28. The standard InChI is InChI=1S/C6H13NO3S2/c1-6(7)11-4-2-3-5-12(8,9)10/h7H,2-5H2,1H3,(H,8,9,10). The van der Waals surface area contributed by atoms with Crippen LogP contribution in [0.1, 0.15) is 19.8 Å². The lowest BCUT2D eigenvalue weighted by molar-refractivity contribution is 0.481. The Morgan fingerprint density at radius 2 is 2.08 bits per heavy atom. The molecule has 0 aliphatic heterocycles. The van der Waals surface area contributed by atoms with Crippen LogP contribution in [0.3, 0.4) is 0 Å². The van der Waals surface area contributed by atoms with E-state index in [-0.39, 0.29) is 5.75 Å². The van der Waals surface area contributed by atoms with Crippen LogP contribution < -0.4 is 0 Å². The van der Waals surface area contributed by atoms with Crippen LogP contribution in [0.15, 0.2) is 0 Å². The molecule has 0 aromatic rings. The molecule has 0 bridgehead atoms. The van der Waals surface area contributed by atoms with Crippen molar-refractivity contribution < 1.29 is 13.0 Å². The van der Waals surface area contributed by atoms with E-state index in [0.29, 0.717) is 17.9 Å². The molecule has 0 heterocycles.